The third-order valence-electron chi connectivity index (χ3n) is 3.33. The number of aryl methyl sites for hydroxylation is 2. The number of aromatic nitrogens is 1. The standard InChI is InChI=1S/C18H25N5OS/c1-4-19-18(21-12-15-9-8-14(3)25-15)20-11-10-17(24)23-16-7-5-6-13(2)22-16/h5-9H,4,10-12H2,1-3H3,(H2,19,20,21)(H,22,23,24). The number of hydrogen-bond donors (Lipinski definition) is 3. The number of hydrogen-bond acceptors (Lipinski definition) is 4. The van der Waals surface area contributed by atoms with Crippen molar-refractivity contribution < 1.29 is 4.79 Å². The molecule has 2 rings (SSSR count). The topological polar surface area (TPSA) is 78.4 Å². The van der Waals surface area contributed by atoms with Gasteiger partial charge in [0.1, 0.15) is 5.82 Å². The number of carbonyl (C=O) groups excluding carboxylic acids is 1. The summed E-state index contributed by atoms with van der Waals surface area (Å²) in [5.74, 6) is 1.23. The van der Waals surface area contributed by atoms with Crippen molar-refractivity contribution in [3.05, 3.63) is 45.8 Å². The van der Waals surface area contributed by atoms with Crippen molar-refractivity contribution in [3.63, 3.8) is 0 Å². The molecule has 2 heterocycles. The van der Waals surface area contributed by atoms with Crippen LogP contribution in [-0.2, 0) is 11.3 Å². The summed E-state index contributed by atoms with van der Waals surface area (Å²) in [7, 11) is 0. The summed E-state index contributed by atoms with van der Waals surface area (Å²) in [5, 5.41) is 9.18. The molecule has 0 aromatic carbocycles. The molecule has 7 heteroatoms. The van der Waals surface area contributed by atoms with Crippen molar-refractivity contribution in [2.24, 2.45) is 4.99 Å². The van der Waals surface area contributed by atoms with E-state index < -0.39 is 0 Å². The number of nitrogens with one attached hydrogen (secondary N) is 3. The molecule has 2 aromatic heterocycles. The highest BCUT2D eigenvalue weighted by Crippen LogP contribution is 2.15. The molecule has 0 aliphatic heterocycles. The van der Waals surface area contributed by atoms with E-state index in [1.807, 2.05) is 26.0 Å². The number of carbonyl (C=O) groups is 1. The molecular weight excluding hydrogens is 334 g/mol. The SMILES string of the molecule is CCNC(=NCc1ccc(C)s1)NCCC(=O)Nc1cccc(C)n1. The van der Waals surface area contributed by atoms with Crippen molar-refractivity contribution in [3.8, 4) is 0 Å². The van der Waals surface area contributed by atoms with Crippen molar-refractivity contribution >= 4 is 29.0 Å². The Labute approximate surface area is 152 Å². The molecule has 0 unspecified atom stereocenters. The molecule has 134 valence electrons. The van der Waals surface area contributed by atoms with Crippen molar-refractivity contribution in [1.82, 2.24) is 15.6 Å². The van der Waals surface area contributed by atoms with Crippen LogP contribution in [0.4, 0.5) is 5.82 Å². The highest BCUT2D eigenvalue weighted by Gasteiger charge is 2.05. The zero-order valence-corrected chi connectivity index (χ0v) is 15.7. The summed E-state index contributed by atoms with van der Waals surface area (Å²) in [6.07, 6.45) is 0.345. The van der Waals surface area contributed by atoms with E-state index in [2.05, 4.69) is 45.0 Å². The normalized spacial score (nSPS) is 11.2. The number of pyridine rings is 1. The lowest BCUT2D eigenvalue weighted by molar-refractivity contribution is -0.116. The molecule has 0 saturated heterocycles. The summed E-state index contributed by atoms with van der Waals surface area (Å²) in [6, 6.07) is 9.74. The summed E-state index contributed by atoms with van der Waals surface area (Å²) in [6.45, 7) is 7.91. The van der Waals surface area contributed by atoms with Crippen molar-refractivity contribution in [2.75, 3.05) is 18.4 Å². The molecule has 0 aliphatic carbocycles. The van der Waals surface area contributed by atoms with Gasteiger partial charge in [0.15, 0.2) is 5.96 Å². The number of anilines is 1. The second-order valence-corrected chi connectivity index (χ2v) is 6.97. The van der Waals surface area contributed by atoms with Crippen LogP contribution in [0.25, 0.3) is 0 Å². The van der Waals surface area contributed by atoms with Gasteiger partial charge in [-0.15, -0.1) is 11.3 Å². The Morgan fingerprint density at radius 1 is 1.20 bits per heavy atom. The zero-order chi connectivity index (χ0) is 18.1. The average Bonchev–Trinajstić information content (AvgIpc) is 2.98. The maximum atomic E-state index is 12.0. The fraction of sp³-hybridized carbons (Fsp3) is 0.389. The van der Waals surface area contributed by atoms with Crippen LogP contribution in [0.3, 0.4) is 0 Å². The van der Waals surface area contributed by atoms with Crippen molar-refractivity contribution in [2.45, 2.75) is 33.7 Å². The maximum absolute atomic E-state index is 12.0. The highest BCUT2D eigenvalue weighted by atomic mass is 32.1. The fourth-order valence-corrected chi connectivity index (χ4v) is 3.00. The number of rotatable bonds is 7. The van der Waals surface area contributed by atoms with Gasteiger partial charge in [-0.2, -0.15) is 0 Å². The molecule has 2 aromatic rings. The predicted octanol–water partition coefficient (Wildman–Crippen LogP) is 2.84. The van der Waals surface area contributed by atoms with Crippen molar-refractivity contribution in [1.29, 1.82) is 0 Å². The fourth-order valence-electron chi connectivity index (χ4n) is 2.18. The van der Waals surface area contributed by atoms with E-state index in [1.54, 1.807) is 17.4 Å². The monoisotopic (exact) mass is 359 g/mol. The Balaban J connectivity index is 1.79. The molecule has 0 spiro atoms. The van der Waals surface area contributed by atoms with Crippen LogP contribution in [0, 0.1) is 13.8 Å². The molecule has 3 N–H and O–H groups in total. The van der Waals surface area contributed by atoms with E-state index in [0.29, 0.717) is 25.3 Å². The number of amides is 1. The van der Waals surface area contributed by atoms with E-state index in [4.69, 9.17) is 0 Å². The van der Waals surface area contributed by atoms with E-state index in [9.17, 15) is 4.79 Å². The van der Waals surface area contributed by atoms with Gasteiger partial charge >= 0.3 is 0 Å². The Morgan fingerprint density at radius 3 is 2.72 bits per heavy atom. The summed E-state index contributed by atoms with van der Waals surface area (Å²) in [5.41, 5.74) is 0.876. The average molecular weight is 359 g/mol. The summed E-state index contributed by atoms with van der Waals surface area (Å²) in [4.78, 5) is 23.3. The molecule has 0 radical (unpaired) electrons. The molecule has 0 saturated carbocycles. The second kappa shape index (κ2) is 9.78. The summed E-state index contributed by atoms with van der Waals surface area (Å²) < 4.78 is 0. The third-order valence-corrected chi connectivity index (χ3v) is 4.32. The molecule has 0 fully saturated rings. The van der Waals surface area contributed by atoms with Crippen LogP contribution < -0.4 is 16.0 Å². The number of aliphatic imine (C=N–C) groups is 1. The van der Waals surface area contributed by atoms with E-state index >= 15 is 0 Å². The Morgan fingerprint density at radius 2 is 2.04 bits per heavy atom. The van der Waals surface area contributed by atoms with Crippen LogP contribution >= 0.6 is 11.3 Å². The lowest BCUT2D eigenvalue weighted by atomic mass is 10.3. The van der Waals surface area contributed by atoms with Gasteiger partial charge in [0.05, 0.1) is 6.54 Å². The minimum Gasteiger partial charge on any atom is -0.357 e. The first-order chi connectivity index (χ1) is 12.1. The number of thiophene rings is 1. The molecule has 25 heavy (non-hydrogen) atoms. The number of guanidine groups is 1. The lowest BCUT2D eigenvalue weighted by Gasteiger charge is -2.11. The maximum Gasteiger partial charge on any atom is 0.227 e. The first-order valence-electron chi connectivity index (χ1n) is 8.38. The van der Waals surface area contributed by atoms with Crippen LogP contribution in [0.1, 0.15) is 28.8 Å². The van der Waals surface area contributed by atoms with Gasteiger partial charge in [-0.05, 0) is 45.0 Å². The Kier molecular flexibility index (Phi) is 7.40. The van der Waals surface area contributed by atoms with Gasteiger partial charge in [0, 0.05) is 35.0 Å². The first kappa shape index (κ1) is 18.9. The van der Waals surface area contributed by atoms with Crippen LogP contribution in [0.15, 0.2) is 35.3 Å². The number of nitrogens with zero attached hydrogens (tertiary/aromatic N) is 2. The largest absolute Gasteiger partial charge is 0.357 e. The molecular formula is C18H25N5OS. The smallest absolute Gasteiger partial charge is 0.227 e. The van der Waals surface area contributed by atoms with Crippen LogP contribution in [0.5, 0.6) is 0 Å². The second-order valence-electron chi connectivity index (χ2n) is 5.60. The Hall–Kier alpha value is -2.41. The molecule has 0 bridgehead atoms. The van der Waals surface area contributed by atoms with Gasteiger partial charge in [-0.25, -0.2) is 9.98 Å². The third kappa shape index (κ3) is 6.93. The van der Waals surface area contributed by atoms with E-state index in [1.165, 1.54) is 9.75 Å². The lowest BCUT2D eigenvalue weighted by Crippen LogP contribution is -2.38. The molecule has 0 aliphatic rings. The molecule has 0 atom stereocenters. The minimum atomic E-state index is -0.0738. The predicted molar refractivity (Wildman–Crippen MR) is 104 cm³/mol. The van der Waals surface area contributed by atoms with Gasteiger partial charge in [0.2, 0.25) is 5.91 Å². The molecule has 1 amide bonds. The first-order valence-corrected chi connectivity index (χ1v) is 9.19. The van der Waals surface area contributed by atoms with E-state index in [-0.39, 0.29) is 5.91 Å². The Bertz CT molecular complexity index is 726. The van der Waals surface area contributed by atoms with Gasteiger partial charge in [-0.1, -0.05) is 6.07 Å². The summed E-state index contributed by atoms with van der Waals surface area (Å²) >= 11 is 1.75. The molecule has 6 nitrogen and oxygen atoms in total. The van der Waals surface area contributed by atoms with Gasteiger partial charge in [0.25, 0.3) is 0 Å². The minimum absolute atomic E-state index is 0.0738. The highest BCUT2D eigenvalue weighted by molar-refractivity contribution is 7.11. The quantitative estimate of drug-likeness (QED) is 0.525. The van der Waals surface area contributed by atoms with Gasteiger partial charge in [-0.3, -0.25) is 4.79 Å². The van der Waals surface area contributed by atoms with Crippen LogP contribution in [0.2, 0.25) is 0 Å². The zero-order valence-electron chi connectivity index (χ0n) is 14.9. The van der Waals surface area contributed by atoms with E-state index in [0.717, 1.165) is 18.2 Å². The van der Waals surface area contributed by atoms with Gasteiger partial charge < -0.3 is 16.0 Å². The van der Waals surface area contributed by atoms with Crippen LogP contribution in [-0.4, -0.2) is 29.9 Å².